The second-order valence-electron chi connectivity index (χ2n) is 14.8. The van der Waals surface area contributed by atoms with E-state index in [0.29, 0.717) is 19.6 Å². The van der Waals surface area contributed by atoms with Gasteiger partial charge in [0.15, 0.2) is 0 Å². The minimum Gasteiger partial charge on any atom is -0.370 e. The first-order chi connectivity index (χ1) is 25.9. The van der Waals surface area contributed by atoms with Crippen LogP contribution in [0.15, 0.2) is 59.1 Å². The number of hydrogen-bond donors (Lipinski definition) is 1. The molecule has 0 bridgehead atoms. The van der Waals surface area contributed by atoms with E-state index in [-0.39, 0.29) is 41.9 Å². The van der Waals surface area contributed by atoms with Crippen molar-refractivity contribution in [3.63, 3.8) is 0 Å². The fraction of sp³-hybridized carbons (Fsp3) is 0.366. The van der Waals surface area contributed by atoms with E-state index in [1.807, 2.05) is 32.9 Å². The molecule has 4 amide bonds. The summed E-state index contributed by atoms with van der Waals surface area (Å²) in [5, 5.41) is 16.1. The molecule has 12 nitrogen and oxygen atoms in total. The standard InChI is InChI=1S/C41H39FN6O6/c1-22-5-6-26(37-24(3)45-54-25(37)4)15-34(22)47(28-9-7-27(8-10-28)41(21-43)13-14-41)18-23(2)53-29-19-46(20-29)35-17-31-30(16-32(35)42)39(51)48(40(31)52)33-11-12-36(49)44-38(33)50/h5-10,15-17,23,29,33H,11-14,18-20H2,1-4H3,(H,44,49,50). The number of rotatable bonds is 10. The van der Waals surface area contributed by atoms with Crippen molar-refractivity contribution in [1.82, 2.24) is 15.4 Å². The Hall–Kier alpha value is -5.87. The van der Waals surface area contributed by atoms with Crippen LogP contribution in [0.1, 0.15) is 75.9 Å². The number of hydrogen-bond acceptors (Lipinski definition) is 10. The Morgan fingerprint density at radius 3 is 2.37 bits per heavy atom. The molecule has 1 aromatic heterocycles. The molecule has 0 radical (unpaired) electrons. The number of aromatic nitrogens is 1. The normalized spacial score (nSPS) is 19.7. The minimum absolute atomic E-state index is 0.00156. The van der Waals surface area contributed by atoms with Gasteiger partial charge in [-0.3, -0.25) is 29.4 Å². The van der Waals surface area contributed by atoms with Gasteiger partial charge in [0.2, 0.25) is 11.8 Å². The quantitative estimate of drug-likeness (QED) is 0.199. The number of aryl methyl sites for hydroxylation is 3. The Morgan fingerprint density at radius 1 is 1.04 bits per heavy atom. The maximum Gasteiger partial charge on any atom is 0.262 e. The van der Waals surface area contributed by atoms with E-state index >= 15 is 4.39 Å². The second-order valence-corrected chi connectivity index (χ2v) is 14.8. The maximum atomic E-state index is 15.5. The highest BCUT2D eigenvalue weighted by molar-refractivity contribution is 6.23. The zero-order chi connectivity index (χ0) is 38.1. The van der Waals surface area contributed by atoms with Crippen molar-refractivity contribution >= 4 is 40.7 Å². The molecule has 0 spiro atoms. The van der Waals surface area contributed by atoms with Gasteiger partial charge in [-0.15, -0.1) is 0 Å². The van der Waals surface area contributed by atoms with Gasteiger partial charge in [0, 0.05) is 43.0 Å². The van der Waals surface area contributed by atoms with Crippen LogP contribution in [0.5, 0.6) is 0 Å². The lowest BCUT2D eigenvalue weighted by atomic mass is 9.97. The Balaban J connectivity index is 0.992. The lowest BCUT2D eigenvalue weighted by Gasteiger charge is -2.42. The third kappa shape index (κ3) is 6.00. The van der Waals surface area contributed by atoms with Gasteiger partial charge in [0.25, 0.3) is 11.8 Å². The van der Waals surface area contributed by atoms with Crippen molar-refractivity contribution in [3.05, 3.63) is 94.1 Å². The molecule has 3 aliphatic heterocycles. The van der Waals surface area contributed by atoms with E-state index in [2.05, 4.69) is 58.7 Å². The molecule has 2 saturated heterocycles. The number of amides is 4. The predicted molar refractivity (Wildman–Crippen MR) is 196 cm³/mol. The number of nitriles is 1. The van der Waals surface area contributed by atoms with Gasteiger partial charge in [0.1, 0.15) is 17.6 Å². The molecule has 4 aromatic rings. The van der Waals surface area contributed by atoms with Gasteiger partial charge in [-0.05, 0) is 94.0 Å². The van der Waals surface area contributed by atoms with Crippen molar-refractivity contribution in [2.75, 3.05) is 29.4 Å². The summed E-state index contributed by atoms with van der Waals surface area (Å²) >= 11 is 0. The minimum atomic E-state index is -1.13. The van der Waals surface area contributed by atoms with Gasteiger partial charge < -0.3 is 19.1 Å². The van der Waals surface area contributed by atoms with E-state index in [1.54, 1.807) is 4.90 Å². The summed E-state index contributed by atoms with van der Waals surface area (Å²) in [5.41, 5.74) is 6.44. The molecule has 13 heteroatoms. The maximum absolute atomic E-state index is 15.5. The number of benzene rings is 3. The highest BCUT2D eigenvalue weighted by Crippen LogP contribution is 2.48. The molecule has 1 aliphatic carbocycles. The van der Waals surface area contributed by atoms with Crippen molar-refractivity contribution < 1.29 is 32.8 Å². The first-order valence-corrected chi connectivity index (χ1v) is 18.2. The number of nitrogens with one attached hydrogen (secondary N) is 1. The van der Waals surface area contributed by atoms with Crippen LogP contribution in [-0.4, -0.2) is 71.6 Å². The number of halogens is 1. The van der Waals surface area contributed by atoms with Gasteiger partial charge in [0.05, 0.1) is 46.2 Å². The summed E-state index contributed by atoms with van der Waals surface area (Å²) in [6.07, 6.45) is 1.25. The number of fused-ring (bicyclic) bond motifs is 1. The Morgan fingerprint density at radius 2 is 1.74 bits per heavy atom. The first kappa shape index (κ1) is 35.2. The van der Waals surface area contributed by atoms with Gasteiger partial charge in [-0.25, -0.2) is 4.39 Å². The van der Waals surface area contributed by atoms with E-state index in [9.17, 15) is 24.4 Å². The molecule has 1 N–H and O–H groups in total. The van der Waals surface area contributed by atoms with Crippen molar-refractivity contribution in [2.45, 2.75) is 77.0 Å². The predicted octanol–water partition coefficient (Wildman–Crippen LogP) is 5.79. The summed E-state index contributed by atoms with van der Waals surface area (Å²) in [5.74, 6) is -2.54. The topological polar surface area (TPSA) is 149 Å². The average Bonchev–Trinajstić information content (AvgIpc) is 3.81. The highest BCUT2D eigenvalue weighted by atomic mass is 19.1. The lowest BCUT2D eigenvalue weighted by Crippen LogP contribution is -2.54. The molecule has 2 unspecified atom stereocenters. The van der Waals surface area contributed by atoms with Crippen molar-refractivity contribution in [1.29, 1.82) is 5.26 Å². The molecule has 8 rings (SSSR count). The zero-order valence-electron chi connectivity index (χ0n) is 30.4. The van der Waals surface area contributed by atoms with Crippen LogP contribution in [0.3, 0.4) is 0 Å². The largest absolute Gasteiger partial charge is 0.370 e. The molecule has 1 saturated carbocycles. The SMILES string of the molecule is Cc1ccc(-c2c(C)noc2C)cc1N(CC(C)OC1CN(c2cc3c(cc2F)C(=O)N(C2CCC(=O)NC2=O)C3=O)C1)c1ccc(C2(C#N)CC2)cc1. The Labute approximate surface area is 311 Å². The van der Waals surface area contributed by atoms with E-state index in [4.69, 9.17) is 9.26 Å². The number of piperidine rings is 1. The third-order valence-corrected chi connectivity index (χ3v) is 11.1. The van der Waals surface area contributed by atoms with Crippen LogP contribution in [0.2, 0.25) is 0 Å². The number of carbonyl (C=O) groups is 4. The number of ether oxygens (including phenoxy) is 1. The molecule has 276 valence electrons. The van der Waals surface area contributed by atoms with Crippen LogP contribution >= 0.6 is 0 Å². The van der Waals surface area contributed by atoms with E-state index < -0.39 is 40.9 Å². The van der Waals surface area contributed by atoms with E-state index in [1.165, 1.54) is 6.07 Å². The Bertz CT molecular complexity index is 2250. The summed E-state index contributed by atoms with van der Waals surface area (Å²) in [4.78, 5) is 55.4. The van der Waals surface area contributed by atoms with Crippen LogP contribution < -0.4 is 15.1 Å². The van der Waals surface area contributed by atoms with Gasteiger partial charge in [-0.2, -0.15) is 5.26 Å². The van der Waals surface area contributed by atoms with Crippen molar-refractivity contribution in [3.8, 4) is 17.2 Å². The van der Waals surface area contributed by atoms with Crippen LogP contribution in [0.4, 0.5) is 21.5 Å². The molecule has 3 fully saturated rings. The third-order valence-electron chi connectivity index (χ3n) is 11.1. The first-order valence-electron chi connectivity index (χ1n) is 18.2. The lowest BCUT2D eigenvalue weighted by molar-refractivity contribution is -0.136. The molecule has 4 aliphatic rings. The zero-order valence-corrected chi connectivity index (χ0v) is 30.4. The second kappa shape index (κ2) is 13.2. The number of anilines is 3. The van der Waals surface area contributed by atoms with Crippen LogP contribution in [-0.2, 0) is 19.7 Å². The number of nitrogens with zero attached hydrogens (tertiary/aromatic N) is 5. The molecule has 3 aromatic carbocycles. The molecule has 4 heterocycles. The molecular weight excluding hydrogens is 691 g/mol. The fourth-order valence-corrected chi connectivity index (χ4v) is 7.92. The van der Waals surface area contributed by atoms with Crippen LogP contribution in [0.25, 0.3) is 11.1 Å². The number of imide groups is 2. The summed E-state index contributed by atoms with van der Waals surface area (Å²) in [7, 11) is 0. The van der Waals surface area contributed by atoms with Gasteiger partial charge in [-0.1, -0.05) is 29.4 Å². The van der Waals surface area contributed by atoms with Crippen molar-refractivity contribution in [2.24, 2.45) is 0 Å². The van der Waals surface area contributed by atoms with Gasteiger partial charge >= 0.3 is 0 Å². The summed E-state index contributed by atoms with van der Waals surface area (Å²) in [6.45, 7) is 9.10. The fourth-order valence-electron chi connectivity index (χ4n) is 7.92. The monoisotopic (exact) mass is 730 g/mol. The Kier molecular flexibility index (Phi) is 8.61. The smallest absolute Gasteiger partial charge is 0.262 e. The number of carbonyl (C=O) groups excluding carboxylic acids is 4. The van der Waals surface area contributed by atoms with E-state index in [0.717, 1.165) is 68.9 Å². The molecule has 54 heavy (non-hydrogen) atoms. The summed E-state index contributed by atoms with van der Waals surface area (Å²) < 4.78 is 27.5. The highest BCUT2D eigenvalue weighted by Gasteiger charge is 2.46. The molecular formula is C41H39FN6O6. The summed E-state index contributed by atoms with van der Waals surface area (Å²) in [6, 6.07) is 18.2. The van der Waals surface area contributed by atoms with Crippen LogP contribution in [0, 0.1) is 37.9 Å². The average molecular weight is 731 g/mol. The molecule has 2 atom stereocenters.